The average molecular weight is 432 g/mol. The summed E-state index contributed by atoms with van der Waals surface area (Å²) in [4.78, 5) is 4.04. The van der Waals surface area contributed by atoms with Crippen LogP contribution < -0.4 is 4.72 Å². The predicted octanol–water partition coefficient (Wildman–Crippen LogP) is 5.25. The smallest absolute Gasteiger partial charge is 0.142 e. The van der Waals surface area contributed by atoms with E-state index in [4.69, 9.17) is 0 Å². The lowest BCUT2D eigenvalue weighted by Gasteiger charge is -2.20. The molecule has 1 aliphatic rings. The first-order valence-electron chi connectivity index (χ1n) is 10.2. The van der Waals surface area contributed by atoms with Crippen LogP contribution in [0.3, 0.4) is 0 Å². The lowest BCUT2D eigenvalue weighted by molar-refractivity contribution is 0.349. The van der Waals surface area contributed by atoms with E-state index >= 15 is 4.39 Å². The van der Waals surface area contributed by atoms with E-state index in [2.05, 4.69) is 35.0 Å². The fraction of sp³-hybridized carbons (Fsp3) is 0.435. The standard InChI is InChI=1S/C23H27F2N3OS/c1-14-18(7-16(24)11-26-14)20-9-22-19(8-21(20)25)15(10-27-30(29)17-5-6-17)12-28(22)13-23(2,3)4/h7-9,11-12,17,27H,5-6,10,13H2,1-4H3. The molecule has 160 valence electrons. The molecule has 1 unspecified atom stereocenters. The van der Waals surface area contributed by atoms with Gasteiger partial charge in [-0.1, -0.05) is 20.8 Å². The number of fused-ring (bicyclic) bond motifs is 1. The van der Waals surface area contributed by atoms with Gasteiger partial charge in [0, 0.05) is 52.3 Å². The maximum atomic E-state index is 15.1. The Labute approximate surface area is 178 Å². The van der Waals surface area contributed by atoms with E-state index in [1.165, 1.54) is 12.1 Å². The molecular weight excluding hydrogens is 404 g/mol. The number of benzene rings is 1. The molecule has 0 bridgehead atoms. The lowest BCUT2D eigenvalue weighted by atomic mass is 9.96. The second-order valence-corrected chi connectivity index (χ2v) is 10.8. The molecule has 2 aromatic heterocycles. The second-order valence-electron chi connectivity index (χ2n) is 9.30. The summed E-state index contributed by atoms with van der Waals surface area (Å²) in [6, 6.07) is 4.61. The normalized spacial score (nSPS) is 15.7. The van der Waals surface area contributed by atoms with Crippen LogP contribution in [-0.4, -0.2) is 19.0 Å². The molecule has 1 aromatic carbocycles. The molecule has 1 atom stereocenters. The molecule has 30 heavy (non-hydrogen) atoms. The number of pyridine rings is 1. The van der Waals surface area contributed by atoms with E-state index in [1.54, 1.807) is 13.0 Å². The molecule has 0 amide bonds. The highest BCUT2D eigenvalue weighted by Crippen LogP contribution is 2.34. The molecule has 0 saturated heterocycles. The van der Waals surface area contributed by atoms with Crippen molar-refractivity contribution >= 4 is 21.9 Å². The van der Waals surface area contributed by atoms with Gasteiger partial charge >= 0.3 is 0 Å². The van der Waals surface area contributed by atoms with Crippen LogP contribution in [0.4, 0.5) is 8.78 Å². The van der Waals surface area contributed by atoms with Gasteiger partial charge in [-0.15, -0.1) is 0 Å². The Bertz CT molecular complexity index is 1130. The largest absolute Gasteiger partial charge is 0.347 e. The zero-order valence-electron chi connectivity index (χ0n) is 17.8. The van der Waals surface area contributed by atoms with Crippen LogP contribution in [0, 0.1) is 24.0 Å². The third-order valence-corrected chi connectivity index (χ3v) is 6.78. The fourth-order valence-corrected chi connectivity index (χ4v) is 4.80. The van der Waals surface area contributed by atoms with Gasteiger partial charge in [0.1, 0.15) is 11.6 Å². The molecule has 1 fully saturated rings. The number of halogens is 2. The number of hydrogen-bond acceptors (Lipinski definition) is 2. The monoisotopic (exact) mass is 431 g/mol. The van der Waals surface area contributed by atoms with Crippen molar-refractivity contribution in [3.05, 3.63) is 53.5 Å². The van der Waals surface area contributed by atoms with Gasteiger partial charge < -0.3 is 4.57 Å². The van der Waals surface area contributed by atoms with Crippen molar-refractivity contribution in [1.82, 2.24) is 14.3 Å². The number of nitrogens with zero attached hydrogens (tertiary/aromatic N) is 2. The Kier molecular flexibility index (Phi) is 5.53. The fourth-order valence-electron chi connectivity index (χ4n) is 3.70. The summed E-state index contributed by atoms with van der Waals surface area (Å²) >= 11 is 0. The molecule has 0 aliphatic heterocycles. The molecule has 0 spiro atoms. The minimum atomic E-state index is -1.06. The molecule has 4 nitrogen and oxygen atoms in total. The summed E-state index contributed by atoms with van der Waals surface area (Å²) in [7, 11) is -1.06. The lowest BCUT2D eigenvalue weighted by Crippen LogP contribution is -2.19. The van der Waals surface area contributed by atoms with E-state index in [0.29, 0.717) is 23.4 Å². The maximum absolute atomic E-state index is 15.1. The minimum Gasteiger partial charge on any atom is -0.347 e. The first-order valence-corrected chi connectivity index (χ1v) is 11.4. The topological polar surface area (TPSA) is 46.9 Å². The third-order valence-electron chi connectivity index (χ3n) is 5.27. The van der Waals surface area contributed by atoms with Crippen LogP contribution in [0.1, 0.15) is 44.9 Å². The summed E-state index contributed by atoms with van der Waals surface area (Å²) in [5.41, 5.74) is 3.15. The highest BCUT2D eigenvalue weighted by molar-refractivity contribution is 7.83. The van der Waals surface area contributed by atoms with Crippen LogP contribution in [0.2, 0.25) is 0 Å². The molecule has 1 N–H and O–H groups in total. The first-order chi connectivity index (χ1) is 14.1. The molecule has 2 heterocycles. The van der Waals surface area contributed by atoms with Gasteiger partial charge in [-0.3, -0.25) is 4.98 Å². The molecule has 0 radical (unpaired) electrons. The molecule has 1 saturated carbocycles. The van der Waals surface area contributed by atoms with Crippen molar-refractivity contribution in [2.45, 2.75) is 58.9 Å². The SMILES string of the molecule is Cc1ncc(F)cc1-c1cc2c(cc1F)c(CNS(=O)C1CC1)cn2CC(C)(C)C. The van der Waals surface area contributed by atoms with Crippen LogP contribution in [0.5, 0.6) is 0 Å². The van der Waals surface area contributed by atoms with Crippen LogP contribution in [0.15, 0.2) is 30.6 Å². The molecular formula is C23H27F2N3OS. The molecule has 1 aliphatic carbocycles. The first kappa shape index (κ1) is 21.1. The Morgan fingerprint density at radius 3 is 2.60 bits per heavy atom. The quantitative estimate of drug-likeness (QED) is 0.579. The van der Waals surface area contributed by atoms with E-state index in [0.717, 1.165) is 42.0 Å². The van der Waals surface area contributed by atoms with Crippen molar-refractivity contribution in [2.24, 2.45) is 5.41 Å². The van der Waals surface area contributed by atoms with Crippen molar-refractivity contribution in [3.63, 3.8) is 0 Å². The highest BCUT2D eigenvalue weighted by atomic mass is 32.2. The summed E-state index contributed by atoms with van der Waals surface area (Å²) in [6.07, 6.45) is 5.13. The van der Waals surface area contributed by atoms with E-state index in [9.17, 15) is 8.60 Å². The third kappa shape index (κ3) is 4.47. The molecule has 7 heteroatoms. The zero-order valence-corrected chi connectivity index (χ0v) is 18.6. The van der Waals surface area contributed by atoms with Crippen LogP contribution >= 0.6 is 0 Å². The Hall–Kier alpha value is -2.12. The zero-order chi connectivity index (χ0) is 21.6. The second kappa shape index (κ2) is 7.85. The van der Waals surface area contributed by atoms with Gasteiger partial charge in [0.25, 0.3) is 0 Å². The average Bonchev–Trinajstić information content (AvgIpc) is 3.46. The van der Waals surface area contributed by atoms with Crippen molar-refractivity contribution in [3.8, 4) is 11.1 Å². The minimum absolute atomic E-state index is 0.0123. The summed E-state index contributed by atoms with van der Waals surface area (Å²) in [5.74, 6) is -0.913. The Morgan fingerprint density at radius 2 is 1.93 bits per heavy atom. The highest BCUT2D eigenvalue weighted by Gasteiger charge is 2.28. The van der Waals surface area contributed by atoms with Gasteiger partial charge in [-0.05, 0) is 48.9 Å². The van der Waals surface area contributed by atoms with Gasteiger partial charge in [-0.2, -0.15) is 0 Å². The van der Waals surface area contributed by atoms with Gasteiger partial charge in [0.05, 0.1) is 17.2 Å². The van der Waals surface area contributed by atoms with Gasteiger partial charge in [0.2, 0.25) is 0 Å². The Balaban J connectivity index is 1.81. The van der Waals surface area contributed by atoms with Gasteiger partial charge in [0.15, 0.2) is 0 Å². The van der Waals surface area contributed by atoms with E-state index in [1.807, 2.05) is 6.20 Å². The van der Waals surface area contributed by atoms with Crippen LogP contribution in [0.25, 0.3) is 22.0 Å². The Morgan fingerprint density at radius 1 is 1.20 bits per heavy atom. The number of aromatic nitrogens is 2. The summed E-state index contributed by atoms with van der Waals surface area (Å²) in [5, 5.41) is 1.02. The number of nitrogens with one attached hydrogen (secondary N) is 1. The van der Waals surface area contributed by atoms with Gasteiger partial charge in [-0.25, -0.2) is 17.7 Å². The molecule has 4 rings (SSSR count). The van der Waals surface area contributed by atoms with E-state index < -0.39 is 22.6 Å². The maximum Gasteiger partial charge on any atom is 0.142 e. The number of hydrogen-bond donors (Lipinski definition) is 1. The van der Waals surface area contributed by atoms with E-state index in [-0.39, 0.29) is 10.7 Å². The van der Waals surface area contributed by atoms with Crippen LogP contribution in [-0.2, 0) is 24.1 Å². The van der Waals surface area contributed by atoms with Crippen molar-refractivity contribution in [2.75, 3.05) is 0 Å². The summed E-state index contributed by atoms with van der Waals surface area (Å²) < 4.78 is 46.3. The van der Waals surface area contributed by atoms with Crippen molar-refractivity contribution in [1.29, 1.82) is 0 Å². The number of aryl methyl sites for hydroxylation is 1. The summed E-state index contributed by atoms with van der Waals surface area (Å²) in [6.45, 7) is 9.32. The predicted molar refractivity (Wildman–Crippen MR) is 117 cm³/mol. The number of rotatable bonds is 6. The van der Waals surface area contributed by atoms with Crippen molar-refractivity contribution < 1.29 is 13.0 Å². The molecule has 3 aromatic rings.